The largest absolute Gasteiger partial charge is 0.344 e. The fourth-order valence-corrected chi connectivity index (χ4v) is 1.84. The minimum absolute atomic E-state index is 0.438. The topological polar surface area (TPSA) is 54.7 Å². The molecule has 0 aliphatic carbocycles. The SMILES string of the molecule is Cc1cccc(-c2nc(C(C)(C)N)[nH]c2C)c1. The molecule has 0 aliphatic heterocycles. The van der Waals surface area contributed by atoms with E-state index in [1.807, 2.05) is 26.8 Å². The zero-order valence-electron chi connectivity index (χ0n) is 10.8. The second kappa shape index (κ2) is 4.00. The summed E-state index contributed by atoms with van der Waals surface area (Å²) in [6.45, 7) is 8.01. The molecule has 3 heteroatoms. The quantitative estimate of drug-likeness (QED) is 0.832. The van der Waals surface area contributed by atoms with E-state index >= 15 is 0 Å². The van der Waals surface area contributed by atoms with Crippen molar-refractivity contribution in [2.45, 2.75) is 33.2 Å². The molecule has 1 aromatic heterocycles. The Balaban J connectivity index is 2.50. The number of nitrogens with zero attached hydrogens (tertiary/aromatic N) is 1. The van der Waals surface area contributed by atoms with Gasteiger partial charge < -0.3 is 10.7 Å². The van der Waals surface area contributed by atoms with Gasteiger partial charge in [0.25, 0.3) is 0 Å². The van der Waals surface area contributed by atoms with E-state index in [4.69, 9.17) is 5.73 Å². The monoisotopic (exact) mass is 229 g/mol. The van der Waals surface area contributed by atoms with Crippen LogP contribution in [-0.4, -0.2) is 9.97 Å². The van der Waals surface area contributed by atoms with Crippen molar-refractivity contribution in [1.82, 2.24) is 9.97 Å². The Hall–Kier alpha value is -1.61. The minimum atomic E-state index is -0.438. The lowest BCUT2D eigenvalue weighted by Crippen LogP contribution is -2.30. The van der Waals surface area contributed by atoms with Gasteiger partial charge in [-0.25, -0.2) is 4.98 Å². The van der Waals surface area contributed by atoms with E-state index in [0.29, 0.717) is 0 Å². The van der Waals surface area contributed by atoms with Crippen LogP contribution in [0.25, 0.3) is 11.3 Å². The molecule has 3 nitrogen and oxygen atoms in total. The highest BCUT2D eigenvalue weighted by Gasteiger charge is 2.20. The maximum atomic E-state index is 6.05. The van der Waals surface area contributed by atoms with Crippen LogP contribution in [0.4, 0.5) is 0 Å². The van der Waals surface area contributed by atoms with E-state index in [2.05, 4.69) is 35.1 Å². The molecule has 0 aliphatic rings. The van der Waals surface area contributed by atoms with Crippen molar-refractivity contribution < 1.29 is 0 Å². The Morgan fingerprint density at radius 3 is 2.47 bits per heavy atom. The molecule has 2 aromatic rings. The van der Waals surface area contributed by atoms with Crippen molar-refractivity contribution >= 4 is 0 Å². The zero-order chi connectivity index (χ0) is 12.6. The van der Waals surface area contributed by atoms with Crippen molar-refractivity contribution in [3.8, 4) is 11.3 Å². The molecule has 0 unspecified atom stereocenters. The van der Waals surface area contributed by atoms with Crippen molar-refractivity contribution in [1.29, 1.82) is 0 Å². The van der Waals surface area contributed by atoms with E-state index in [-0.39, 0.29) is 0 Å². The van der Waals surface area contributed by atoms with Crippen LogP contribution in [0.1, 0.15) is 30.9 Å². The van der Waals surface area contributed by atoms with Crippen LogP contribution in [0.3, 0.4) is 0 Å². The first-order valence-corrected chi connectivity index (χ1v) is 5.81. The average Bonchev–Trinajstić information content (AvgIpc) is 2.60. The van der Waals surface area contributed by atoms with Gasteiger partial charge in [0, 0.05) is 11.3 Å². The summed E-state index contributed by atoms with van der Waals surface area (Å²) in [6.07, 6.45) is 0. The summed E-state index contributed by atoms with van der Waals surface area (Å²) >= 11 is 0. The van der Waals surface area contributed by atoms with Gasteiger partial charge in [0.1, 0.15) is 5.82 Å². The Morgan fingerprint density at radius 1 is 1.24 bits per heavy atom. The number of aromatic nitrogens is 2. The molecule has 1 aromatic carbocycles. The van der Waals surface area contributed by atoms with Crippen LogP contribution in [0.2, 0.25) is 0 Å². The summed E-state index contributed by atoms with van der Waals surface area (Å²) in [7, 11) is 0. The van der Waals surface area contributed by atoms with E-state index < -0.39 is 5.54 Å². The van der Waals surface area contributed by atoms with Gasteiger partial charge >= 0.3 is 0 Å². The zero-order valence-corrected chi connectivity index (χ0v) is 10.8. The lowest BCUT2D eigenvalue weighted by molar-refractivity contribution is 0.520. The summed E-state index contributed by atoms with van der Waals surface area (Å²) in [5, 5.41) is 0. The Morgan fingerprint density at radius 2 is 1.94 bits per heavy atom. The highest BCUT2D eigenvalue weighted by Crippen LogP contribution is 2.25. The number of imidazole rings is 1. The smallest absolute Gasteiger partial charge is 0.126 e. The summed E-state index contributed by atoms with van der Waals surface area (Å²) in [5.41, 5.74) is 10.0. The highest BCUT2D eigenvalue weighted by atomic mass is 15.0. The molecule has 0 radical (unpaired) electrons. The van der Waals surface area contributed by atoms with E-state index in [9.17, 15) is 0 Å². The summed E-state index contributed by atoms with van der Waals surface area (Å²) in [6, 6.07) is 8.34. The molecule has 0 fully saturated rings. The lowest BCUT2D eigenvalue weighted by Gasteiger charge is -2.14. The summed E-state index contributed by atoms with van der Waals surface area (Å²) in [5.74, 6) is 0.825. The third-order valence-corrected chi connectivity index (χ3v) is 2.79. The predicted molar refractivity (Wildman–Crippen MR) is 70.7 cm³/mol. The first-order valence-electron chi connectivity index (χ1n) is 5.81. The predicted octanol–water partition coefficient (Wildman–Crippen LogP) is 2.89. The number of nitrogens with one attached hydrogen (secondary N) is 1. The van der Waals surface area contributed by atoms with Crippen LogP contribution >= 0.6 is 0 Å². The molecule has 0 spiro atoms. The van der Waals surface area contributed by atoms with Crippen molar-refractivity contribution in [3.05, 3.63) is 41.3 Å². The molecule has 1 heterocycles. The number of hydrogen-bond donors (Lipinski definition) is 2. The molecular weight excluding hydrogens is 210 g/mol. The number of nitrogens with two attached hydrogens (primary N) is 1. The number of benzene rings is 1. The minimum Gasteiger partial charge on any atom is -0.344 e. The van der Waals surface area contributed by atoms with Crippen LogP contribution in [0.15, 0.2) is 24.3 Å². The molecule has 0 bridgehead atoms. The third-order valence-electron chi connectivity index (χ3n) is 2.79. The number of aryl methyl sites for hydroxylation is 2. The number of rotatable bonds is 2. The molecule has 0 saturated carbocycles. The van der Waals surface area contributed by atoms with Gasteiger partial charge in [0.05, 0.1) is 11.2 Å². The molecule has 17 heavy (non-hydrogen) atoms. The van der Waals surface area contributed by atoms with Gasteiger partial charge in [-0.3, -0.25) is 0 Å². The molecule has 0 amide bonds. The van der Waals surface area contributed by atoms with Gasteiger partial charge in [0.2, 0.25) is 0 Å². The molecular formula is C14H19N3. The van der Waals surface area contributed by atoms with Gasteiger partial charge in [-0.05, 0) is 33.8 Å². The Labute approximate surface area is 102 Å². The number of hydrogen-bond acceptors (Lipinski definition) is 2. The average molecular weight is 229 g/mol. The second-order valence-corrected chi connectivity index (χ2v) is 5.15. The van der Waals surface area contributed by atoms with Crippen LogP contribution in [0.5, 0.6) is 0 Å². The first-order chi connectivity index (χ1) is 7.88. The molecule has 90 valence electrons. The normalized spacial score (nSPS) is 11.8. The Kier molecular flexibility index (Phi) is 2.79. The van der Waals surface area contributed by atoms with Crippen molar-refractivity contribution in [2.75, 3.05) is 0 Å². The van der Waals surface area contributed by atoms with E-state index in [1.54, 1.807) is 0 Å². The van der Waals surface area contributed by atoms with Crippen LogP contribution in [-0.2, 0) is 5.54 Å². The Bertz CT molecular complexity index is 533. The van der Waals surface area contributed by atoms with E-state index in [0.717, 1.165) is 22.8 Å². The maximum absolute atomic E-state index is 6.05. The highest BCUT2D eigenvalue weighted by molar-refractivity contribution is 5.62. The molecule has 2 rings (SSSR count). The van der Waals surface area contributed by atoms with Gasteiger partial charge in [-0.2, -0.15) is 0 Å². The number of H-pyrrole nitrogens is 1. The van der Waals surface area contributed by atoms with Crippen LogP contribution in [0, 0.1) is 13.8 Å². The van der Waals surface area contributed by atoms with Crippen molar-refractivity contribution in [2.24, 2.45) is 5.73 Å². The van der Waals surface area contributed by atoms with Crippen LogP contribution < -0.4 is 5.73 Å². The molecule has 0 saturated heterocycles. The summed E-state index contributed by atoms with van der Waals surface area (Å²) < 4.78 is 0. The fourth-order valence-electron chi connectivity index (χ4n) is 1.84. The lowest BCUT2D eigenvalue weighted by atomic mass is 10.1. The molecule has 3 N–H and O–H groups in total. The maximum Gasteiger partial charge on any atom is 0.126 e. The van der Waals surface area contributed by atoms with Gasteiger partial charge in [-0.15, -0.1) is 0 Å². The van der Waals surface area contributed by atoms with E-state index in [1.165, 1.54) is 5.56 Å². The van der Waals surface area contributed by atoms with Gasteiger partial charge in [-0.1, -0.05) is 23.8 Å². The standard InChI is InChI=1S/C14H19N3/c1-9-6-5-7-11(8-9)12-10(2)16-13(17-12)14(3,4)15/h5-8H,15H2,1-4H3,(H,16,17). The third kappa shape index (κ3) is 2.39. The van der Waals surface area contributed by atoms with Crippen molar-refractivity contribution in [3.63, 3.8) is 0 Å². The number of aromatic amines is 1. The fraction of sp³-hybridized carbons (Fsp3) is 0.357. The van der Waals surface area contributed by atoms with Gasteiger partial charge in [0.15, 0.2) is 0 Å². The first kappa shape index (κ1) is 11.9. The second-order valence-electron chi connectivity index (χ2n) is 5.15. The molecule has 0 atom stereocenters. The summed E-state index contributed by atoms with van der Waals surface area (Å²) in [4.78, 5) is 7.88.